The summed E-state index contributed by atoms with van der Waals surface area (Å²) in [5.41, 5.74) is 2.98. The number of carbonyl (C=O) groups is 1. The molecule has 6 heteroatoms. The monoisotopic (exact) mass is 415 g/mol. The van der Waals surface area contributed by atoms with Gasteiger partial charge in [0, 0.05) is 37.6 Å². The zero-order valence-electron chi connectivity index (χ0n) is 17.3. The molecule has 0 saturated carbocycles. The minimum absolute atomic E-state index is 0.0199. The molecule has 1 aliphatic heterocycles. The fraction of sp³-hybridized carbons (Fsp3) is 0.435. The molecule has 1 fully saturated rings. The van der Waals surface area contributed by atoms with Crippen molar-refractivity contribution in [3.63, 3.8) is 0 Å². The Labute approximate surface area is 178 Å². The van der Waals surface area contributed by atoms with E-state index in [1.54, 1.807) is 0 Å². The highest BCUT2D eigenvalue weighted by Gasteiger charge is 2.19. The molecule has 1 saturated heterocycles. The number of benzene rings is 2. The average Bonchev–Trinajstić information content (AvgIpc) is 2.72. The maximum absolute atomic E-state index is 12.5. The van der Waals surface area contributed by atoms with Gasteiger partial charge in [0.15, 0.2) is 0 Å². The number of ether oxygens (including phenoxy) is 1. The van der Waals surface area contributed by atoms with Crippen LogP contribution in [0.2, 0.25) is 5.02 Å². The minimum atomic E-state index is -0.0199. The van der Waals surface area contributed by atoms with Crippen molar-refractivity contribution < 1.29 is 9.53 Å². The molecule has 5 nitrogen and oxygen atoms in total. The normalized spacial score (nSPS) is 14.7. The zero-order valence-corrected chi connectivity index (χ0v) is 18.0. The maximum Gasteiger partial charge on any atom is 0.224 e. The Hall–Kier alpha value is -2.24. The van der Waals surface area contributed by atoms with E-state index in [9.17, 15) is 4.79 Å². The van der Waals surface area contributed by atoms with Gasteiger partial charge in [0.25, 0.3) is 0 Å². The molecule has 0 bridgehead atoms. The lowest BCUT2D eigenvalue weighted by molar-refractivity contribution is -0.116. The Morgan fingerprint density at radius 2 is 1.93 bits per heavy atom. The molecule has 1 aliphatic rings. The van der Waals surface area contributed by atoms with E-state index in [0.29, 0.717) is 24.5 Å². The number of nitrogens with one attached hydrogen (secondary N) is 1. The summed E-state index contributed by atoms with van der Waals surface area (Å²) < 4.78 is 5.73. The van der Waals surface area contributed by atoms with Crippen LogP contribution in [-0.4, -0.2) is 50.1 Å². The number of piperazine rings is 1. The van der Waals surface area contributed by atoms with Gasteiger partial charge in [0.05, 0.1) is 18.0 Å². The van der Waals surface area contributed by atoms with Crippen LogP contribution in [0.5, 0.6) is 5.75 Å². The van der Waals surface area contributed by atoms with Crippen LogP contribution < -0.4 is 15.0 Å². The number of anilines is 2. The summed E-state index contributed by atoms with van der Waals surface area (Å²) in [5, 5.41) is 3.67. The summed E-state index contributed by atoms with van der Waals surface area (Å²) in [4.78, 5) is 17.2. The van der Waals surface area contributed by atoms with Crippen molar-refractivity contribution >= 4 is 28.9 Å². The summed E-state index contributed by atoms with van der Waals surface area (Å²) >= 11 is 6.19. The topological polar surface area (TPSA) is 44.8 Å². The Morgan fingerprint density at radius 1 is 1.14 bits per heavy atom. The fourth-order valence-electron chi connectivity index (χ4n) is 3.53. The number of hydrogen-bond donors (Lipinski definition) is 1. The third-order valence-electron chi connectivity index (χ3n) is 5.20. The van der Waals surface area contributed by atoms with E-state index in [2.05, 4.69) is 22.0 Å². The predicted molar refractivity (Wildman–Crippen MR) is 120 cm³/mol. The molecule has 1 amide bonds. The van der Waals surface area contributed by atoms with Gasteiger partial charge < -0.3 is 19.9 Å². The van der Waals surface area contributed by atoms with Crippen LogP contribution >= 0.6 is 11.6 Å². The largest absolute Gasteiger partial charge is 0.494 e. The number of nitrogens with zero attached hydrogens (tertiary/aromatic N) is 2. The van der Waals surface area contributed by atoms with Crippen molar-refractivity contribution in [1.82, 2.24) is 4.90 Å². The third kappa shape index (κ3) is 6.38. The average molecular weight is 416 g/mol. The Balaban J connectivity index is 1.52. The summed E-state index contributed by atoms with van der Waals surface area (Å²) in [6.45, 7) is 9.76. The second-order valence-electron chi connectivity index (χ2n) is 7.40. The van der Waals surface area contributed by atoms with Gasteiger partial charge in [0.2, 0.25) is 5.91 Å². The van der Waals surface area contributed by atoms with Gasteiger partial charge in [0.1, 0.15) is 5.75 Å². The molecule has 0 aliphatic carbocycles. The second kappa shape index (κ2) is 10.5. The van der Waals surface area contributed by atoms with E-state index in [1.807, 2.05) is 49.4 Å². The molecule has 1 N–H and O–H groups in total. The molecule has 0 spiro atoms. The first-order chi connectivity index (χ1) is 14.0. The number of hydrogen-bond acceptors (Lipinski definition) is 4. The molecule has 2 aromatic rings. The minimum Gasteiger partial charge on any atom is -0.494 e. The highest BCUT2D eigenvalue weighted by Crippen LogP contribution is 2.30. The maximum atomic E-state index is 12.5. The van der Waals surface area contributed by atoms with Crippen molar-refractivity contribution in [2.45, 2.75) is 26.7 Å². The molecule has 0 atom stereocenters. The molecule has 156 valence electrons. The predicted octanol–water partition coefficient (Wildman–Crippen LogP) is 4.59. The van der Waals surface area contributed by atoms with Gasteiger partial charge >= 0.3 is 0 Å². The van der Waals surface area contributed by atoms with E-state index in [4.69, 9.17) is 16.3 Å². The van der Waals surface area contributed by atoms with Crippen LogP contribution in [-0.2, 0) is 4.79 Å². The number of carbonyl (C=O) groups excluding carboxylic acids is 1. The molecule has 29 heavy (non-hydrogen) atoms. The van der Waals surface area contributed by atoms with E-state index in [-0.39, 0.29) is 5.91 Å². The van der Waals surface area contributed by atoms with Gasteiger partial charge in [-0.3, -0.25) is 4.79 Å². The molecule has 3 rings (SSSR count). The van der Waals surface area contributed by atoms with Crippen LogP contribution in [0, 0.1) is 6.92 Å². The number of halogens is 1. The lowest BCUT2D eigenvalue weighted by Gasteiger charge is -2.36. The summed E-state index contributed by atoms with van der Waals surface area (Å²) in [5.74, 6) is 0.822. The summed E-state index contributed by atoms with van der Waals surface area (Å²) in [7, 11) is 0. The Kier molecular flexibility index (Phi) is 7.78. The lowest BCUT2D eigenvalue weighted by atomic mass is 10.2. The molecule has 0 radical (unpaired) electrons. The van der Waals surface area contributed by atoms with E-state index in [0.717, 1.165) is 55.4 Å². The van der Waals surface area contributed by atoms with E-state index >= 15 is 0 Å². The smallest absolute Gasteiger partial charge is 0.224 e. The Morgan fingerprint density at radius 3 is 2.66 bits per heavy atom. The quantitative estimate of drug-likeness (QED) is 0.640. The fourth-order valence-corrected chi connectivity index (χ4v) is 3.70. The van der Waals surface area contributed by atoms with Crippen molar-refractivity contribution in [3.8, 4) is 5.75 Å². The van der Waals surface area contributed by atoms with Gasteiger partial charge in [-0.2, -0.15) is 0 Å². The first kappa shape index (κ1) is 21.5. The molecular formula is C23H30ClN3O2. The Bertz CT molecular complexity index is 820. The van der Waals surface area contributed by atoms with Crippen LogP contribution in [0.15, 0.2) is 42.5 Å². The number of aryl methyl sites for hydroxylation is 1. The van der Waals surface area contributed by atoms with Gasteiger partial charge in [-0.1, -0.05) is 30.7 Å². The molecular weight excluding hydrogens is 386 g/mol. The SMILES string of the molecule is CCN1CCN(c2ccc(Cl)cc2NC(=O)CCCOc2cccc(C)c2)CC1. The van der Waals surface area contributed by atoms with Crippen LogP contribution in [0.3, 0.4) is 0 Å². The van der Waals surface area contributed by atoms with Crippen LogP contribution in [0.1, 0.15) is 25.3 Å². The van der Waals surface area contributed by atoms with E-state index in [1.165, 1.54) is 0 Å². The number of amides is 1. The zero-order chi connectivity index (χ0) is 20.6. The first-order valence-corrected chi connectivity index (χ1v) is 10.7. The van der Waals surface area contributed by atoms with Gasteiger partial charge in [-0.15, -0.1) is 0 Å². The third-order valence-corrected chi connectivity index (χ3v) is 5.43. The standard InChI is InChI=1S/C23H30ClN3O2/c1-3-26-11-13-27(14-12-26)22-10-9-19(24)17-21(22)25-23(28)8-5-15-29-20-7-4-6-18(2)16-20/h4,6-7,9-10,16-17H,3,5,8,11-15H2,1-2H3,(H,25,28). The van der Waals surface area contributed by atoms with Crippen LogP contribution in [0.25, 0.3) is 0 Å². The highest BCUT2D eigenvalue weighted by atomic mass is 35.5. The highest BCUT2D eigenvalue weighted by molar-refractivity contribution is 6.31. The lowest BCUT2D eigenvalue weighted by Crippen LogP contribution is -2.46. The van der Waals surface area contributed by atoms with E-state index < -0.39 is 0 Å². The van der Waals surface area contributed by atoms with Gasteiger partial charge in [-0.05, 0) is 55.8 Å². The summed E-state index contributed by atoms with van der Waals surface area (Å²) in [6, 6.07) is 13.7. The molecule has 0 aromatic heterocycles. The van der Waals surface area contributed by atoms with Crippen molar-refractivity contribution in [3.05, 3.63) is 53.1 Å². The molecule has 1 heterocycles. The van der Waals surface area contributed by atoms with Crippen LogP contribution in [0.4, 0.5) is 11.4 Å². The summed E-state index contributed by atoms with van der Waals surface area (Å²) in [6.07, 6.45) is 1.06. The second-order valence-corrected chi connectivity index (χ2v) is 7.84. The van der Waals surface area contributed by atoms with Crippen molar-refractivity contribution in [2.75, 3.05) is 49.5 Å². The first-order valence-electron chi connectivity index (χ1n) is 10.3. The van der Waals surface area contributed by atoms with Gasteiger partial charge in [-0.25, -0.2) is 0 Å². The molecule has 0 unspecified atom stereocenters. The van der Waals surface area contributed by atoms with Crippen molar-refractivity contribution in [2.24, 2.45) is 0 Å². The van der Waals surface area contributed by atoms with Crippen molar-refractivity contribution in [1.29, 1.82) is 0 Å². The number of likely N-dealkylation sites (N-methyl/N-ethyl adjacent to an activating group) is 1. The number of rotatable bonds is 8. The molecule has 2 aromatic carbocycles.